The summed E-state index contributed by atoms with van der Waals surface area (Å²) in [4.78, 5) is 20.4. The molecule has 0 amide bonds. The highest BCUT2D eigenvalue weighted by Gasteiger charge is 2.21. The molecule has 0 N–H and O–H groups in total. The molecule has 0 atom stereocenters. The zero-order valence-corrected chi connectivity index (χ0v) is 29.9. The molecule has 0 aliphatic carbocycles. The van der Waals surface area contributed by atoms with E-state index in [9.17, 15) is 0 Å². The molecule has 12 aromatic rings. The summed E-state index contributed by atoms with van der Waals surface area (Å²) in [6.07, 6.45) is 1.75. The zero-order chi connectivity index (χ0) is 36.7. The topological polar surface area (TPSA) is 69.6 Å². The number of pyridine rings is 1. The highest BCUT2D eigenvalue weighted by molar-refractivity contribution is 6.21. The molecule has 0 aliphatic heterocycles. The van der Waals surface area contributed by atoms with E-state index in [1.165, 1.54) is 26.9 Å². The molecule has 6 nitrogen and oxygen atoms in total. The van der Waals surface area contributed by atoms with Gasteiger partial charge in [-0.2, -0.15) is 0 Å². The number of para-hydroxylation sites is 1. The van der Waals surface area contributed by atoms with Crippen molar-refractivity contribution < 1.29 is 4.42 Å². The third-order valence-corrected chi connectivity index (χ3v) is 11.1. The first-order valence-corrected chi connectivity index (χ1v) is 18.7. The highest BCUT2D eigenvalue weighted by atomic mass is 16.3. The van der Waals surface area contributed by atoms with Crippen LogP contribution in [0.1, 0.15) is 0 Å². The SMILES string of the molecule is c1cc(-c2nc(-c3cc4ccccc4c4ccccc34)nc(-c3cccc4oc5ncccc5c34)n2)cc(-n2c3ccccc3c3c4ccccc4ccc32)c1. The van der Waals surface area contributed by atoms with Crippen LogP contribution in [0.15, 0.2) is 180 Å². The summed E-state index contributed by atoms with van der Waals surface area (Å²) in [5.74, 6) is 1.75. The van der Waals surface area contributed by atoms with Crippen molar-refractivity contribution in [2.75, 3.05) is 0 Å². The molecule has 4 heterocycles. The van der Waals surface area contributed by atoms with Gasteiger partial charge in [-0.15, -0.1) is 0 Å². The molecule has 8 aromatic carbocycles. The Morgan fingerprint density at radius 1 is 0.411 bits per heavy atom. The molecule has 4 aromatic heterocycles. The molecule has 0 fully saturated rings. The smallest absolute Gasteiger partial charge is 0.227 e. The molecule has 0 radical (unpaired) electrons. The normalized spacial score (nSPS) is 11.9. The van der Waals surface area contributed by atoms with Crippen LogP contribution >= 0.6 is 0 Å². The average molecular weight is 716 g/mol. The van der Waals surface area contributed by atoms with Crippen LogP contribution in [-0.4, -0.2) is 24.5 Å². The lowest BCUT2D eigenvalue weighted by Crippen LogP contribution is -2.02. The summed E-state index contributed by atoms with van der Waals surface area (Å²) in [6.45, 7) is 0. The van der Waals surface area contributed by atoms with E-state index in [2.05, 4.69) is 155 Å². The lowest BCUT2D eigenvalue weighted by atomic mass is 9.96. The van der Waals surface area contributed by atoms with Gasteiger partial charge in [-0.1, -0.05) is 121 Å². The van der Waals surface area contributed by atoms with Gasteiger partial charge in [0.25, 0.3) is 0 Å². The maximum Gasteiger partial charge on any atom is 0.227 e. The van der Waals surface area contributed by atoms with E-state index >= 15 is 0 Å². The van der Waals surface area contributed by atoms with Crippen molar-refractivity contribution in [2.24, 2.45) is 0 Å². The van der Waals surface area contributed by atoms with E-state index in [1.807, 2.05) is 24.3 Å². The lowest BCUT2D eigenvalue weighted by Gasteiger charge is -2.14. The number of fused-ring (bicyclic) bond motifs is 11. The third kappa shape index (κ3) is 4.56. The van der Waals surface area contributed by atoms with E-state index in [0.29, 0.717) is 23.2 Å². The Balaban J connectivity index is 1.13. The van der Waals surface area contributed by atoms with Gasteiger partial charge in [-0.3, -0.25) is 0 Å². The molecule has 0 spiro atoms. The Morgan fingerprint density at radius 2 is 1.11 bits per heavy atom. The van der Waals surface area contributed by atoms with Crippen LogP contribution in [-0.2, 0) is 0 Å². The van der Waals surface area contributed by atoms with Gasteiger partial charge in [-0.25, -0.2) is 19.9 Å². The van der Waals surface area contributed by atoms with Crippen molar-refractivity contribution in [3.8, 4) is 39.9 Å². The highest BCUT2D eigenvalue weighted by Crippen LogP contribution is 2.40. The fourth-order valence-corrected chi connectivity index (χ4v) is 8.63. The first-order chi connectivity index (χ1) is 27.8. The van der Waals surface area contributed by atoms with Crippen molar-refractivity contribution in [1.82, 2.24) is 24.5 Å². The second-order valence-electron chi connectivity index (χ2n) is 14.2. The third-order valence-electron chi connectivity index (χ3n) is 11.1. The van der Waals surface area contributed by atoms with Gasteiger partial charge >= 0.3 is 0 Å². The molecule has 0 aliphatic rings. The van der Waals surface area contributed by atoms with Crippen molar-refractivity contribution in [3.63, 3.8) is 0 Å². The second kappa shape index (κ2) is 11.9. The van der Waals surface area contributed by atoms with Gasteiger partial charge in [0.1, 0.15) is 5.58 Å². The summed E-state index contributed by atoms with van der Waals surface area (Å²) in [5.41, 5.74) is 7.31. The zero-order valence-electron chi connectivity index (χ0n) is 29.9. The van der Waals surface area contributed by atoms with Gasteiger partial charge < -0.3 is 8.98 Å². The Morgan fingerprint density at radius 3 is 2.00 bits per heavy atom. The first kappa shape index (κ1) is 30.7. The number of aromatic nitrogens is 5. The van der Waals surface area contributed by atoms with E-state index < -0.39 is 0 Å². The molecular formula is C50H29N5O. The van der Waals surface area contributed by atoms with E-state index in [1.54, 1.807) is 6.20 Å². The fourth-order valence-electron chi connectivity index (χ4n) is 8.63. The van der Waals surface area contributed by atoms with E-state index in [0.717, 1.165) is 65.9 Å². The number of rotatable bonds is 4. The van der Waals surface area contributed by atoms with Crippen molar-refractivity contribution >= 4 is 76.2 Å². The van der Waals surface area contributed by atoms with Gasteiger partial charge in [0.2, 0.25) is 5.71 Å². The molecule has 0 saturated carbocycles. The molecule has 260 valence electrons. The van der Waals surface area contributed by atoms with Crippen molar-refractivity contribution in [1.29, 1.82) is 0 Å². The molecule has 0 unspecified atom stereocenters. The van der Waals surface area contributed by atoms with Gasteiger partial charge in [0.05, 0.1) is 11.0 Å². The van der Waals surface area contributed by atoms with Crippen LogP contribution in [0.2, 0.25) is 0 Å². The molecule has 12 rings (SSSR count). The molecule has 0 bridgehead atoms. The molecule has 0 saturated heterocycles. The summed E-state index contributed by atoms with van der Waals surface area (Å²) >= 11 is 0. The maximum absolute atomic E-state index is 6.22. The molecule has 56 heavy (non-hydrogen) atoms. The minimum atomic E-state index is 0.563. The van der Waals surface area contributed by atoms with Crippen LogP contribution in [0.3, 0.4) is 0 Å². The van der Waals surface area contributed by atoms with Crippen LogP contribution < -0.4 is 0 Å². The van der Waals surface area contributed by atoms with Crippen LogP contribution in [0, 0.1) is 0 Å². The van der Waals surface area contributed by atoms with Crippen LogP contribution in [0.25, 0.3) is 116 Å². The standard InChI is InChI=1S/C50H29N5O/c1-4-17-35-30(12-1)25-26-43-45(35)38-20-7-8-23-42(38)55(43)33-15-9-14-32(28-33)47-52-48(39-21-10-24-44-46(39)40-22-11-27-51-50(40)56-44)54-49(53-47)41-29-31-13-2-3-16-34(31)36-18-5-6-19-37(36)41/h1-29H. The first-order valence-electron chi connectivity index (χ1n) is 18.7. The van der Waals surface area contributed by atoms with Gasteiger partial charge in [-0.05, 0) is 80.8 Å². The minimum Gasteiger partial charge on any atom is -0.438 e. The second-order valence-corrected chi connectivity index (χ2v) is 14.2. The van der Waals surface area contributed by atoms with Gasteiger partial charge in [0.15, 0.2) is 17.5 Å². The Kier molecular flexibility index (Phi) is 6.53. The van der Waals surface area contributed by atoms with Crippen molar-refractivity contribution in [3.05, 3.63) is 176 Å². The lowest BCUT2D eigenvalue weighted by molar-refractivity contribution is 0.654. The Hall–Kier alpha value is -7.70. The van der Waals surface area contributed by atoms with Crippen LogP contribution in [0.4, 0.5) is 0 Å². The predicted octanol–water partition coefficient (Wildman–Crippen LogP) is 12.7. The minimum absolute atomic E-state index is 0.563. The molecule has 6 heteroatoms. The summed E-state index contributed by atoms with van der Waals surface area (Å²) in [6, 6.07) is 59.4. The number of furan rings is 1. The van der Waals surface area contributed by atoms with Gasteiger partial charge in [0, 0.05) is 50.1 Å². The summed E-state index contributed by atoms with van der Waals surface area (Å²) in [5, 5.41) is 11.3. The number of nitrogens with zero attached hydrogens (tertiary/aromatic N) is 5. The summed E-state index contributed by atoms with van der Waals surface area (Å²) < 4.78 is 8.57. The van der Waals surface area contributed by atoms with Crippen LogP contribution in [0.5, 0.6) is 0 Å². The predicted molar refractivity (Wildman–Crippen MR) is 228 cm³/mol. The van der Waals surface area contributed by atoms with E-state index in [4.69, 9.17) is 19.4 Å². The number of benzene rings is 8. The largest absolute Gasteiger partial charge is 0.438 e. The number of hydrogen-bond acceptors (Lipinski definition) is 5. The van der Waals surface area contributed by atoms with E-state index in [-0.39, 0.29) is 0 Å². The maximum atomic E-state index is 6.22. The number of hydrogen-bond donors (Lipinski definition) is 0. The Labute approximate surface area is 320 Å². The monoisotopic (exact) mass is 715 g/mol. The summed E-state index contributed by atoms with van der Waals surface area (Å²) in [7, 11) is 0. The quantitative estimate of drug-likeness (QED) is 0.170. The Bertz CT molecular complexity index is 3560. The fraction of sp³-hybridized carbons (Fsp3) is 0. The average Bonchev–Trinajstić information content (AvgIpc) is 3.82. The molecular weight excluding hydrogens is 687 g/mol. The van der Waals surface area contributed by atoms with Crippen molar-refractivity contribution in [2.45, 2.75) is 0 Å².